The van der Waals surface area contributed by atoms with Crippen LogP contribution in [0.25, 0.3) is 0 Å². The second kappa shape index (κ2) is 8.30. The van der Waals surface area contributed by atoms with Crippen LogP contribution in [0.5, 0.6) is 0 Å². The van der Waals surface area contributed by atoms with Crippen LogP contribution in [0.3, 0.4) is 0 Å². The third kappa shape index (κ3) is 4.70. The Bertz CT molecular complexity index is 989. The quantitative estimate of drug-likeness (QED) is 0.561. The van der Waals surface area contributed by atoms with E-state index in [-0.39, 0.29) is 22.2 Å². The molecule has 3 N–H and O–H groups in total. The first-order valence-electron chi connectivity index (χ1n) is 7.98. The van der Waals surface area contributed by atoms with Crippen LogP contribution in [-0.2, 0) is 10.0 Å². The number of anilines is 1. The predicted octanol–water partition coefficient (Wildman–Crippen LogP) is 2.41. The number of carbonyl (C=O) groups is 1. The number of nitrogens with zero attached hydrogens (tertiary/aromatic N) is 1. The lowest BCUT2D eigenvalue weighted by molar-refractivity contribution is 0.0916. The Balaban J connectivity index is 1.72. The molecule has 1 unspecified atom stereocenters. The lowest BCUT2D eigenvalue weighted by Gasteiger charge is -2.17. The molecule has 9 heteroatoms. The Morgan fingerprint density at radius 2 is 1.81 bits per heavy atom. The number of nitrogens with one attached hydrogen (secondary N) is 2. The van der Waals surface area contributed by atoms with Crippen LogP contribution in [0.1, 0.15) is 22.0 Å². The zero-order valence-corrected chi connectivity index (χ0v) is 15.7. The summed E-state index contributed by atoms with van der Waals surface area (Å²) in [6.07, 6.45) is 1.50. The van der Waals surface area contributed by atoms with Crippen LogP contribution in [0.4, 0.5) is 5.13 Å². The molecular formula is C18H17N3O4S2. The maximum Gasteiger partial charge on any atom is 0.263 e. The largest absolute Gasteiger partial charge is 0.394 e. The number of benzene rings is 2. The molecule has 1 amide bonds. The number of sulfonamides is 1. The van der Waals surface area contributed by atoms with Crippen molar-refractivity contribution in [2.75, 3.05) is 11.3 Å². The van der Waals surface area contributed by atoms with Gasteiger partial charge >= 0.3 is 0 Å². The second-order valence-electron chi connectivity index (χ2n) is 5.59. The van der Waals surface area contributed by atoms with E-state index in [0.717, 1.165) is 5.56 Å². The van der Waals surface area contributed by atoms with Gasteiger partial charge in [0, 0.05) is 17.1 Å². The molecule has 3 aromatic rings. The molecule has 0 saturated heterocycles. The van der Waals surface area contributed by atoms with Gasteiger partial charge in [-0.15, -0.1) is 11.3 Å². The number of aliphatic hydroxyl groups excluding tert-OH is 1. The summed E-state index contributed by atoms with van der Waals surface area (Å²) in [5.74, 6) is -0.408. The molecule has 0 bridgehead atoms. The molecule has 3 rings (SSSR count). The molecule has 0 fully saturated rings. The number of amides is 1. The van der Waals surface area contributed by atoms with Crippen LogP contribution < -0.4 is 10.0 Å². The minimum Gasteiger partial charge on any atom is -0.394 e. The minimum absolute atomic E-state index is 0.0241. The zero-order valence-electron chi connectivity index (χ0n) is 14.1. The van der Waals surface area contributed by atoms with Gasteiger partial charge in [0.2, 0.25) is 0 Å². The highest BCUT2D eigenvalue weighted by Crippen LogP contribution is 2.19. The van der Waals surface area contributed by atoms with Crippen LogP contribution in [-0.4, -0.2) is 31.0 Å². The Morgan fingerprint density at radius 3 is 2.41 bits per heavy atom. The Hall–Kier alpha value is -2.75. The average molecular weight is 403 g/mol. The van der Waals surface area contributed by atoms with Gasteiger partial charge in [-0.2, -0.15) is 0 Å². The number of hydrogen-bond donors (Lipinski definition) is 3. The van der Waals surface area contributed by atoms with E-state index in [1.54, 1.807) is 17.5 Å². The summed E-state index contributed by atoms with van der Waals surface area (Å²) in [7, 11) is -3.77. The smallest absolute Gasteiger partial charge is 0.263 e. The van der Waals surface area contributed by atoms with E-state index >= 15 is 0 Å². The van der Waals surface area contributed by atoms with Gasteiger partial charge in [0.25, 0.3) is 15.9 Å². The van der Waals surface area contributed by atoms with Crippen molar-refractivity contribution in [2.24, 2.45) is 0 Å². The topological polar surface area (TPSA) is 108 Å². The summed E-state index contributed by atoms with van der Waals surface area (Å²) < 4.78 is 27.0. The van der Waals surface area contributed by atoms with Gasteiger partial charge in [-0.3, -0.25) is 9.52 Å². The third-order valence-corrected chi connectivity index (χ3v) is 5.94. The van der Waals surface area contributed by atoms with Crippen LogP contribution in [0.2, 0.25) is 0 Å². The summed E-state index contributed by atoms with van der Waals surface area (Å²) in [6, 6.07) is 14.1. The number of thiazole rings is 1. The molecule has 0 spiro atoms. The number of aromatic nitrogens is 1. The SMILES string of the molecule is O=C(NC(CO)c1ccccc1)c1ccc(S(=O)(=O)Nc2nccs2)cc1. The summed E-state index contributed by atoms with van der Waals surface area (Å²) >= 11 is 1.17. The summed E-state index contributed by atoms with van der Waals surface area (Å²) in [4.78, 5) is 16.3. The first-order chi connectivity index (χ1) is 13.0. The molecule has 1 heterocycles. The van der Waals surface area contributed by atoms with Crippen molar-refractivity contribution >= 4 is 32.4 Å². The maximum atomic E-state index is 12.4. The molecule has 0 radical (unpaired) electrons. The Kier molecular flexibility index (Phi) is 5.84. The molecule has 0 aliphatic carbocycles. The molecule has 2 aromatic carbocycles. The highest BCUT2D eigenvalue weighted by atomic mass is 32.2. The molecule has 1 aromatic heterocycles. The van der Waals surface area contributed by atoms with Crippen molar-refractivity contribution in [2.45, 2.75) is 10.9 Å². The van der Waals surface area contributed by atoms with Crippen LogP contribution >= 0.6 is 11.3 Å². The maximum absolute atomic E-state index is 12.4. The van der Waals surface area contributed by atoms with Gasteiger partial charge in [-0.1, -0.05) is 30.3 Å². The molecule has 0 aliphatic rings. The Labute approximate surface area is 160 Å². The first kappa shape index (κ1) is 19.0. The fourth-order valence-corrected chi connectivity index (χ4v) is 4.18. The summed E-state index contributed by atoms with van der Waals surface area (Å²) in [6.45, 7) is -0.250. The van der Waals surface area contributed by atoms with E-state index in [1.165, 1.54) is 41.8 Å². The molecule has 0 saturated carbocycles. The molecule has 0 aliphatic heterocycles. The summed E-state index contributed by atoms with van der Waals surface area (Å²) in [5.41, 5.74) is 1.07. The van der Waals surface area contributed by atoms with Crippen molar-refractivity contribution < 1.29 is 18.3 Å². The molecule has 1 atom stereocenters. The molecule has 7 nitrogen and oxygen atoms in total. The van der Waals surface area contributed by atoms with Gasteiger partial charge in [0.05, 0.1) is 17.5 Å². The average Bonchev–Trinajstić information content (AvgIpc) is 3.19. The monoisotopic (exact) mass is 403 g/mol. The standard InChI is InChI=1S/C18H17N3O4S2/c22-12-16(13-4-2-1-3-5-13)20-17(23)14-6-8-15(9-7-14)27(24,25)21-18-19-10-11-26-18/h1-11,16,22H,12H2,(H,19,21)(H,20,23). The van der Waals surface area contributed by atoms with E-state index in [9.17, 15) is 18.3 Å². The first-order valence-corrected chi connectivity index (χ1v) is 10.3. The third-order valence-electron chi connectivity index (χ3n) is 3.77. The minimum atomic E-state index is -3.77. The number of rotatable bonds is 7. The van der Waals surface area contributed by atoms with Crippen molar-refractivity contribution in [3.63, 3.8) is 0 Å². The number of aliphatic hydroxyl groups is 1. The fraction of sp³-hybridized carbons (Fsp3) is 0.111. The van der Waals surface area contributed by atoms with E-state index in [4.69, 9.17) is 0 Å². The van der Waals surface area contributed by atoms with E-state index in [1.807, 2.05) is 18.2 Å². The van der Waals surface area contributed by atoms with Crippen molar-refractivity contribution in [1.82, 2.24) is 10.3 Å². The van der Waals surface area contributed by atoms with Crippen LogP contribution in [0.15, 0.2) is 71.1 Å². The second-order valence-corrected chi connectivity index (χ2v) is 8.16. The van der Waals surface area contributed by atoms with Gasteiger partial charge in [-0.25, -0.2) is 13.4 Å². The van der Waals surface area contributed by atoms with Gasteiger partial charge in [0.15, 0.2) is 5.13 Å². The van der Waals surface area contributed by atoms with E-state index in [0.29, 0.717) is 0 Å². The normalized spacial score (nSPS) is 12.3. The van der Waals surface area contributed by atoms with Gasteiger partial charge in [0.1, 0.15) is 0 Å². The predicted molar refractivity (Wildman–Crippen MR) is 103 cm³/mol. The fourth-order valence-electron chi connectivity index (χ4n) is 2.39. The molecule has 27 heavy (non-hydrogen) atoms. The highest BCUT2D eigenvalue weighted by Gasteiger charge is 2.18. The zero-order chi connectivity index (χ0) is 19.3. The van der Waals surface area contributed by atoms with Crippen molar-refractivity contribution in [3.05, 3.63) is 77.3 Å². The molecule has 140 valence electrons. The number of carbonyl (C=O) groups excluding carboxylic acids is 1. The van der Waals surface area contributed by atoms with Gasteiger partial charge in [-0.05, 0) is 29.8 Å². The van der Waals surface area contributed by atoms with Crippen molar-refractivity contribution in [3.8, 4) is 0 Å². The van der Waals surface area contributed by atoms with E-state index in [2.05, 4.69) is 15.0 Å². The van der Waals surface area contributed by atoms with E-state index < -0.39 is 22.0 Å². The Morgan fingerprint density at radius 1 is 1.11 bits per heavy atom. The lowest BCUT2D eigenvalue weighted by Crippen LogP contribution is -2.30. The number of hydrogen-bond acceptors (Lipinski definition) is 6. The summed E-state index contributed by atoms with van der Waals surface area (Å²) in [5, 5.41) is 14.2. The lowest BCUT2D eigenvalue weighted by atomic mass is 10.1. The van der Waals surface area contributed by atoms with Crippen molar-refractivity contribution in [1.29, 1.82) is 0 Å². The van der Waals surface area contributed by atoms with Gasteiger partial charge < -0.3 is 10.4 Å². The molecular weight excluding hydrogens is 386 g/mol. The highest BCUT2D eigenvalue weighted by molar-refractivity contribution is 7.93. The van der Waals surface area contributed by atoms with Crippen LogP contribution in [0, 0.1) is 0 Å².